The Morgan fingerprint density at radius 1 is 1.23 bits per heavy atom. The maximum Gasteiger partial charge on any atom is 0.245 e. The van der Waals surface area contributed by atoms with E-state index in [1.165, 1.54) is 0 Å². The third kappa shape index (κ3) is 3.66. The van der Waals surface area contributed by atoms with Crippen molar-refractivity contribution in [2.24, 2.45) is 11.8 Å². The van der Waals surface area contributed by atoms with Crippen LogP contribution < -0.4 is 4.90 Å². The molecule has 3 aliphatic heterocycles. The first-order valence-electron chi connectivity index (χ1n) is 11.1. The maximum absolute atomic E-state index is 13.7. The molecule has 4 atom stereocenters. The SMILES string of the molecule is Cc1cnc(CN(C)C(=O)[C@H]2[C@H]3C[C@H](CN(c4ncccn4)C3)[C@@H]3CCCC(=O)N32)[nH]1. The zero-order chi connectivity index (χ0) is 21.5. The van der Waals surface area contributed by atoms with Crippen LogP contribution in [0.5, 0.6) is 0 Å². The highest BCUT2D eigenvalue weighted by Gasteiger charge is 2.52. The van der Waals surface area contributed by atoms with Crippen LogP contribution in [0, 0.1) is 18.8 Å². The second-order valence-corrected chi connectivity index (χ2v) is 9.12. The van der Waals surface area contributed by atoms with Crippen molar-refractivity contribution < 1.29 is 9.59 Å². The molecule has 2 aromatic heterocycles. The van der Waals surface area contributed by atoms with Crippen molar-refractivity contribution in [1.29, 1.82) is 0 Å². The van der Waals surface area contributed by atoms with E-state index in [0.29, 0.717) is 31.4 Å². The lowest BCUT2D eigenvalue weighted by atomic mass is 9.71. The van der Waals surface area contributed by atoms with E-state index in [1.807, 2.05) is 17.9 Å². The topological polar surface area (TPSA) is 98.3 Å². The fourth-order valence-corrected chi connectivity index (χ4v) is 5.67. The summed E-state index contributed by atoms with van der Waals surface area (Å²) in [6.45, 7) is 3.86. The Kier molecular flexibility index (Phi) is 5.11. The van der Waals surface area contributed by atoms with Crippen LogP contribution in [0.3, 0.4) is 0 Å². The standard InChI is InChI=1S/C22H29N7O2/c1-14-10-25-18(26-14)13-27(2)21(31)20-16-9-15(17-5-3-6-19(30)29(17)20)11-28(12-16)22-23-7-4-8-24-22/h4,7-8,10,15-17,20H,3,5-6,9,11-13H2,1-2H3,(H,25,26)/t15-,16+,17+,20-/m1/s1. The molecule has 3 aliphatic rings. The van der Waals surface area contributed by atoms with Gasteiger partial charge in [-0.3, -0.25) is 9.59 Å². The van der Waals surface area contributed by atoms with E-state index in [4.69, 9.17) is 0 Å². The van der Waals surface area contributed by atoms with Crippen molar-refractivity contribution in [2.75, 3.05) is 25.0 Å². The summed E-state index contributed by atoms with van der Waals surface area (Å²) in [7, 11) is 1.80. The molecule has 2 bridgehead atoms. The number of H-pyrrole nitrogens is 1. The van der Waals surface area contributed by atoms with Crippen LogP contribution in [0.25, 0.3) is 0 Å². The lowest BCUT2D eigenvalue weighted by Crippen LogP contribution is -2.68. The number of carbonyl (C=O) groups excluding carboxylic acids is 2. The van der Waals surface area contributed by atoms with Crippen molar-refractivity contribution in [3.63, 3.8) is 0 Å². The molecule has 5 rings (SSSR count). The van der Waals surface area contributed by atoms with Crippen molar-refractivity contribution in [3.8, 4) is 0 Å². The van der Waals surface area contributed by atoms with Gasteiger partial charge in [0.2, 0.25) is 17.8 Å². The van der Waals surface area contributed by atoms with E-state index < -0.39 is 6.04 Å². The van der Waals surface area contributed by atoms with Gasteiger partial charge in [-0.05, 0) is 38.2 Å². The van der Waals surface area contributed by atoms with Crippen LogP contribution in [0.15, 0.2) is 24.7 Å². The average molecular weight is 424 g/mol. The van der Waals surface area contributed by atoms with Crippen LogP contribution in [-0.4, -0.2) is 73.8 Å². The second kappa shape index (κ2) is 7.94. The number of likely N-dealkylation sites (N-methyl/N-ethyl adjacent to an activating group) is 1. The number of amides is 2. The normalized spacial score (nSPS) is 27.7. The van der Waals surface area contributed by atoms with Gasteiger partial charge in [0.15, 0.2) is 0 Å². The van der Waals surface area contributed by atoms with Gasteiger partial charge in [-0.2, -0.15) is 0 Å². The number of nitrogens with zero attached hydrogens (tertiary/aromatic N) is 6. The minimum Gasteiger partial charge on any atom is -0.345 e. The first-order valence-corrected chi connectivity index (χ1v) is 11.1. The summed E-state index contributed by atoms with van der Waals surface area (Å²) < 4.78 is 0. The van der Waals surface area contributed by atoms with E-state index >= 15 is 0 Å². The van der Waals surface area contributed by atoms with Gasteiger partial charge < -0.3 is 19.7 Å². The number of carbonyl (C=O) groups is 2. The van der Waals surface area contributed by atoms with Crippen molar-refractivity contribution in [1.82, 2.24) is 29.7 Å². The summed E-state index contributed by atoms with van der Waals surface area (Å²) in [5.74, 6) is 1.98. The first-order chi connectivity index (χ1) is 15.0. The molecular weight excluding hydrogens is 394 g/mol. The average Bonchev–Trinajstić information content (AvgIpc) is 3.19. The fourth-order valence-electron chi connectivity index (χ4n) is 5.67. The molecule has 9 heteroatoms. The van der Waals surface area contributed by atoms with Gasteiger partial charge in [0.25, 0.3) is 0 Å². The summed E-state index contributed by atoms with van der Waals surface area (Å²) >= 11 is 0. The second-order valence-electron chi connectivity index (χ2n) is 9.12. The molecule has 3 saturated heterocycles. The van der Waals surface area contributed by atoms with Gasteiger partial charge in [-0.1, -0.05) is 0 Å². The van der Waals surface area contributed by atoms with Crippen LogP contribution >= 0.6 is 0 Å². The molecule has 9 nitrogen and oxygen atoms in total. The molecule has 2 amide bonds. The number of aryl methyl sites for hydroxylation is 1. The highest BCUT2D eigenvalue weighted by Crippen LogP contribution is 2.42. The number of piperidine rings is 3. The summed E-state index contributed by atoms with van der Waals surface area (Å²) in [6, 6.07) is 1.48. The molecular formula is C22H29N7O2. The number of aromatic amines is 1. The molecule has 2 aromatic rings. The largest absolute Gasteiger partial charge is 0.345 e. The van der Waals surface area contributed by atoms with Gasteiger partial charge in [0.1, 0.15) is 11.9 Å². The summed E-state index contributed by atoms with van der Waals surface area (Å²) in [6.07, 6.45) is 8.62. The Morgan fingerprint density at radius 2 is 2.00 bits per heavy atom. The predicted molar refractivity (Wildman–Crippen MR) is 114 cm³/mol. The van der Waals surface area contributed by atoms with E-state index in [2.05, 4.69) is 24.8 Å². The molecule has 1 N–H and O–H groups in total. The lowest BCUT2D eigenvalue weighted by molar-refractivity contribution is -0.160. The molecule has 5 heterocycles. The Hall–Kier alpha value is -2.97. The Labute approximate surface area is 181 Å². The molecule has 0 spiro atoms. The van der Waals surface area contributed by atoms with Crippen LogP contribution in [0.1, 0.15) is 37.2 Å². The zero-order valence-electron chi connectivity index (χ0n) is 18.1. The van der Waals surface area contributed by atoms with Crippen molar-refractivity contribution in [3.05, 3.63) is 36.2 Å². The van der Waals surface area contributed by atoms with E-state index in [9.17, 15) is 9.59 Å². The molecule has 0 radical (unpaired) electrons. The number of fused-ring (bicyclic) bond motifs is 4. The molecule has 31 heavy (non-hydrogen) atoms. The highest BCUT2D eigenvalue weighted by molar-refractivity contribution is 5.89. The molecule has 0 aliphatic carbocycles. The van der Waals surface area contributed by atoms with Crippen LogP contribution in [0.4, 0.5) is 5.95 Å². The summed E-state index contributed by atoms with van der Waals surface area (Å²) in [5.41, 5.74) is 0.966. The third-order valence-electron chi connectivity index (χ3n) is 6.95. The molecule has 0 saturated carbocycles. The third-order valence-corrected chi connectivity index (χ3v) is 6.95. The number of hydrogen-bond acceptors (Lipinski definition) is 6. The number of nitrogens with one attached hydrogen (secondary N) is 1. The van der Waals surface area contributed by atoms with E-state index in [0.717, 1.165) is 37.3 Å². The predicted octanol–water partition coefficient (Wildman–Crippen LogP) is 1.37. The Morgan fingerprint density at radius 3 is 2.74 bits per heavy atom. The minimum absolute atomic E-state index is 0.00594. The Bertz CT molecular complexity index is 962. The highest BCUT2D eigenvalue weighted by atomic mass is 16.2. The van der Waals surface area contributed by atoms with E-state index in [1.54, 1.807) is 30.5 Å². The smallest absolute Gasteiger partial charge is 0.245 e. The molecule has 0 unspecified atom stereocenters. The van der Waals surface area contributed by atoms with Gasteiger partial charge >= 0.3 is 0 Å². The number of hydrogen-bond donors (Lipinski definition) is 1. The Balaban J connectivity index is 1.43. The van der Waals surface area contributed by atoms with Crippen molar-refractivity contribution >= 4 is 17.8 Å². The molecule has 164 valence electrons. The van der Waals surface area contributed by atoms with E-state index in [-0.39, 0.29) is 23.8 Å². The molecule has 3 fully saturated rings. The van der Waals surface area contributed by atoms with Gasteiger partial charge in [0, 0.05) is 62.8 Å². The summed E-state index contributed by atoms with van der Waals surface area (Å²) in [4.78, 5) is 49.0. The van der Waals surface area contributed by atoms with Gasteiger partial charge in [-0.25, -0.2) is 15.0 Å². The number of aromatic nitrogens is 4. The fraction of sp³-hybridized carbons (Fsp3) is 0.591. The van der Waals surface area contributed by atoms with Gasteiger partial charge in [-0.15, -0.1) is 0 Å². The van der Waals surface area contributed by atoms with Crippen LogP contribution in [0.2, 0.25) is 0 Å². The summed E-state index contributed by atoms with van der Waals surface area (Å²) in [5, 5.41) is 0. The monoisotopic (exact) mass is 423 g/mol. The number of imidazole rings is 1. The number of anilines is 1. The zero-order valence-corrected chi connectivity index (χ0v) is 18.1. The minimum atomic E-state index is -0.443. The number of rotatable bonds is 4. The molecule has 0 aromatic carbocycles. The van der Waals surface area contributed by atoms with Crippen molar-refractivity contribution in [2.45, 2.75) is 51.2 Å². The van der Waals surface area contributed by atoms with Gasteiger partial charge in [0.05, 0.1) is 6.54 Å². The quantitative estimate of drug-likeness (QED) is 0.798. The maximum atomic E-state index is 13.7. The van der Waals surface area contributed by atoms with Crippen LogP contribution in [-0.2, 0) is 16.1 Å². The lowest BCUT2D eigenvalue weighted by Gasteiger charge is -2.56. The first kappa shape index (κ1) is 20.0.